The first-order valence-corrected chi connectivity index (χ1v) is 8.52. The van der Waals surface area contributed by atoms with Crippen molar-refractivity contribution in [2.45, 2.75) is 37.5 Å². The van der Waals surface area contributed by atoms with Gasteiger partial charge in [-0.2, -0.15) is 0 Å². The minimum Gasteiger partial charge on any atom is -0.368 e. The van der Waals surface area contributed by atoms with Crippen LogP contribution in [0.5, 0.6) is 0 Å². The average Bonchev–Trinajstić information content (AvgIpc) is 3.15. The molecule has 7 nitrogen and oxygen atoms in total. The molecule has 128 valence electrons. The van der Waals surface area contributed by atoms with Gasteiger partial charge in [-0.05, 0) is 25.0 Å². The van der Waals surface area contributed by atoms with Crippen molar-refractivity contribution in [2.75, 3.05) is 31.6 Å². The topological polar surface area (TPSA) is 74.8 Å². The van der Waals surface area contributed by atoms with E-state index in [0.717, 1.165) is 12.8 Å². The van der Waals surface area contributed by atoms with E-state index in [1.165, 1.54) is 0 Å². The lowest BCUT2D eigenvalue weighted by Gasteiger charge is -2.50. The summed E-state index contributed by atoms with van der Waals surface area (Å²) >= 11 is 0. The zero-order valence-corrected chi connectivity index (χ0v) is 13.8. The number of rotatable bonds is 1. The number of piperidine rings is 1. The third-order valence-electron chi connectivity index (χ3n) is 5.44. The second-order valence-corrected chi connectivity index (χ2v) is 6.75. The molecule has 1 spiro atoms. The van der Waals surface area contributed by atoms with Crippen LogP contribution in [-0.2, 0) is 9.53 Å². The summed E-state index contributed by atoms with van der Waals surface area (Å²) in [5.41, 5.74) is 0.134. The van der Waals surface area contributed by atoms with E-state index < -0.39 is 5.66 Å². The van der Waals surface area contributed by atoms with E-state index in [4.69, 9.17) is 4.74 Å². The van der Waals surface area contributed by atoms with Crippen LogP contribution in [0.15, 0.2) is 18.3 Å². The van der Waals surface area contributed by atoms with Crippen LogP contribution in [-0.4, -0.2) is 60.2 Å². The lowest BCUT2D eigenvalue weighted by molar-refractivity contribution is -0.142. The van der Waals surface area contributed by atoms with Gasteiger partial charge in [-0.25, -0.2) is 4.98 Å². The minimum absolute atomic E-state index is 0.0879. The molecule has 0 aliphatic carbocycles. The normalized spacial score (nSPS) is 25.5. The van der Waals surface area contributed by atoms with Crippen LogP contribution in [0.1, 0.15) is 36.0 Å². The molecule has 0 unspecified atom stereocenters. The number of likely N-dealkylation sites (tertiary alicyclic amines) is 1. The van der Waals surface area contributed by atoms with Crippen molar-refractivity contribution in [3.63, 3.8) is 0 Å². The van der Waals surface area contributed by atoms with E-state index in [9.17, 15) is 9.59 Å². The Hall–Kier alpha value is -2.15. The number of pyridine rings is 1. The summed E-state index contributed by atoms with van der Waals surface area (Å²) in [5.74, 6) is 0.709. The predicted molar refractivity (Wildman–Crippen MR) is 87.6 cm³/mol. The zero-order valence-electron chi connectivity index (χ0n) is 13.8. The van der Waals surface area contributed by atoms with Crippen molar-refractivity contribution in [3.05, 3.63) is 23.9 Å². The van der Waals surface area contributed by atoms with Gasteiger partial charge in [0.25, 0.3) is 11.8 Å². The first kappa shape index (κ1) is 15.4. The van der Waals surface area contributed by atoms with E-state index in [1.807, 2.05) is 11.9 Å². The zero-order chi connectivity index (χ0) is 16.7. The number of ether oxygens (including phenoxy) is 1. The summed E-state index contributed by atoms with van der Waals surface area (Å²) in [7, 11) is 1.96. The van der Waals surface area contributed by atoms with Gasteiger partial charge in [0.15, 0.2) is 0 Å². The summed E-state index contributed by atoms with van der Waals surface area (Å²) in [5, 5.41) is 3.14. The van der Waals surface area contributed by atoms with Gasteiger partial charge in [0.05, 0.1) is 5.56 Å². The Bertz CT molecular complexity index is 664. The van der Waals surface area contributed by atoms with Gasteiger partial charge in [-0.3, -0.25) is 9.59 Å². The molecule has 2 fully saturated rings. The molecule has 4 heterocycles. The second kappa shape index (κ2) is 5.73. The average molecular weight is 330 g/mol. The molecule has 1 aromatic rings. The predicted octanol–water partition coefficient (Wildman–Crippen LogP) is 0.759. The molecule has 3 aliphatic heterocycles. The van der Waals surface area contributed by atoms with Gasteiger partial charge in [0.2, 0.25) is 0 Å². The largest absolute Gasteiger partial charge is 0.368 e. The quantitative estimate of drug-likeness (QED) is 0.823. The molecule has 2 amide bonds. The third-order valence-corrected chi connectivity index (χ3v) is 5.44. The molecule has 0 bridgehead atoms. The highest BCUT2D eigenvalue weighted by Crippen LogP contribution is 2.35. The summed E-state index contributed by atoms with van der Waals surface area (Å²) in [6.45, 7) is 1.91. The molecule has 7 heteroatoms. The molecule has 0 aromatic carbocycles. The van der Waals surface area contributed by atoms with E-state index in [1.54, 1.807) is 18.3 Å². The highest BCUT2D eigenvalue weighted by Gasteiger charge is 2.46. The first-order chi connectivity index (χ1) is 11.6. The lowest BCUT2D eigenvalue weighted by Crippen LogP contribution is -2.67. The maximum atomic E-state index is 12.5. The van der Waals surface area contributed by atoms with E-state index in [2.05, 4.69) is 15.2 Å². The Morgan fingerprint density at radius 2 is 2.21 bits per heavy atom. The number of hydrogen-bond donors (Lipinski definition) is 1. The fraction of sp³-hybridized carbons (Fsp3) is 0.588. The fourth-order valence-electron chi connectivity index (χ4n) is 3.94. The molecule has 1 aromatic heterocycles. The van der Waals surface area contributed by atoms with Crippen molar-refractivity contribution < 1.29 is 14.3 Å². The molecule has 1 N–H and O–H groups in total. The molecule has 3 aliphatic rings. The Labute approximate surface area is 141 Å². The number of carbonyl (C=O) groups is 2. The number of carbonyl (C=O) groups excluding carboxylic acids is 2. The van der Waals surface area contributed by atoms with Crippen LogP contribution >= 0.6 is 0 Å². The molecule has 0 radical (unpaired) electrons. The fourth-order valence-corrected chi connectivity index (χ4v) is 3.94. The van der Waals surface area contributed by atoms with Gasteiger partial charge in [0.1, 0.15) is 17.6 Å². The van der Waals surface area contributed by atoms with Crippen LogP contribution in [0.25, 0.3) is 0 Å². The van der Waals surface area contributed by atoms with Crippen LogP contribution in [0.2, 0.25) is 0 Å². The number of nitrogens with zero attached hydrogens (tertiary/aromatic N) is 3. The van der Waals surface area contributed by atoms with Crippen LogP contribution in [0.4, 0.5) is 5.82 Å². The van der Waals surface area contributed by atoms with Gasteiger partial charge in [-0.15, -0.1) is 0 Å². The molecule has 4 rings (SSSR count). The third kappa shape index (κ3) is 2.34. The summed E-state index contributed by atoms with van der Waals surface area (Å²) in [6, 6.07) is 3.56. The number of anilines is 1. The number of fused-ring (bicyclic) bond motifs is 1. The maximum Gasteiger partial charge on any atom is 0.256 e. The smallest absolute Gasteiger partial charge is 0.256 e. The molecule has 2 saturated heterocycles. The molecule has 0 saturated carbocycles. The number of aromatic nitrogens is 1. The van der Waals surface area contributed by atoms with Crippen LogP contribution in [0, 0.1) is 0 Å². The van der Waals surface area contributed by atoms with Gasteiger partial charge in [-0.1, -0.05) is 0 Å². The van der Waals surface area contributed by atoms with E-state index in [-0.39, 0.29) is 17.9 Å². The SMILES string of the molecule is CN1c2ncccc2C(=O)NC12CCN(C(=O)[C@H]1CCCO1)CC2. The first-order valence-electron chi connectivity index (χ1n) is 8.52. The highest BCUT2D eigenvalue weighted by atomic mass is 16.5. The number of hydrogen-bond acceptors (Lipinski definition) is 5. The molecular formula is C17H22N4O3. The molecule has 24 heavy (non-hydrogen) atoms. The molecular weight excluding hydrogens is 308 g/mol. The summed E-state index contributed by atoms with van der Waals surface area (Å²) in [6.07, 6.45) is 4.56. The van der Waals surface area contributed by atoms with E-state index >= 15 is 0 Å². The van der Waals surface area contributed by atoms with Crippen molar-refractivity contribution in [3.8, 4) is 0 Å². The van der Waals surface area contributed by atoms with Gasteiger partial charge in [0, 0.05) is 45.8 Å². The standard InChI is InChI=1S/C17H22N4O3/c1-20-14-12(4-2-8-18-14)15(22)19-17(20)6-9-21(10-7-17)16(23)13-5-3-11-24-13/h2,4,8,13H,3,5-7,9-11H2,1H3,(H,19,22)/t13-/m1/s1. The van der Waals surface area contributed by atoms with Crippen molar-refractivity contribution in [1.82, 2.24) is 15.2 Å². The monoisotopic (exact) mass is 330 g/mol. The Morgan fingerprint density at radius 1 is 1.42 bits per heavy atom. The Morgan fingerprint density at radius 3 is 2.92 bits per heavy atom. The number of nitrogens with one attached hydrogen (secondary N) is 1. The number of amides is 2. The summed E-state index contributed by atoms with van der Waals surface area (Å²) < 4.78 is 5.51. The Kier molecular flexibility index (Phi) is 3.68. The van der Waals surface area contributed by atoms with Crippen molar-refractivity contribution >= 4 is 17.6 Å². The van der Waals surface area contributed by atoms with Crippen LogP contribution in [0.3, 0.4) is 0 Å². The Balaban J connectivity index is 1.50. The van der Waals surface area contributed by atoms with E-state index in [0.29, 0.717) is 43.9 Å². The van der Waals surface area contributed by atoms with Gasteiger partial charge < -0.3 is 19.9 Å². The van der Waals surface area contributed by atoms with Gasteiger partial charge >= 0.3 is 0 Å². The summed E-state index contributed by atoms with van der Waals surface area (Å²) in [4.78, 5) is 33.3. The minimum atomic E-state index is -0.467. The highest BCUT2D eigenvalue weighted by molar-refractivity contribution is 6.01. The van der Waals surface area contributed by atoms with Crippen LogP contribution < -0.4 is 10.2 Å². The second-order valence-electron chi connectivity index (χ2n) is 6.75. The van der Waals surface area contributed by atoms with Crippen molar-refractivity contribution in [2.24, 2.45) is 0 Å². The molecule has 1 atom stereocenters. The lowest BCUT2D eigenvalue weighted by atomic mass is 9.91. The maximum absolute atomic E-state index is 12.5. The van der Waals surface area contributed by atoms with Crippen molar-refractivity contribution in [1.29, 1.82) is 0 Å².